The zero-order chi connectivity index (χ0) is 30.2. The van der Waals surface area contributed by atoms with Crippen LogP contribution in [0.15, 0.2) is 54.6 Å². The molecule has 1 fully saturated rings. The van der Waals surface area contributed by atoms with Gasteiger partial charge in [0, 0.05) is 23.9 Å². The summed E-state index contributed by atoms with van der Waals surface area (Å²) < 4.78 is 38.7. The molecule has 1 aliphatic rings. The lowest BCUT2D eigenvalue weighted by molar-refractivity contribution is -0.126. The van der Waals surface area contributed by atoms with E-state index in [0.29, 0.717) is 24.4 Å². The molecule has 41 heavy (non-hydrogen) atoms. The molecule has 224 valence electrons. The number of carbonyl (C=O) groups is 3. The van der Waals surface area contributed by atoms with Crippen molar-refractivity contribution >= 4 is 39.6 Å². The first-order chi connectivity index (χ1) is 19.3. The van der Waals surface area contributed by atoms with E-state index in [0.717, 1.165) is 11.1 Å². The van der Waals surface area contributed by atoms with E-state index in [9.17, 15) is 32.5 Å². The van der Waals surface area contributed by atoms with Gasteiger partial charge in [-0.05, 0) is 48.4 Å². The number of rotatable bonds is 13. The number of hydrogen-bond acceptors (Lipinski definition) is 7. The second-order valence-electron chi connectivity index (χ2n) is 10.5. The highest BCUT2D eigenvalue weighted by Gasteiger charge is 2.38. The van der Waals surface area contributed by atoms with E-state index in [2.05, 4.69) is 16.0 Å². The minimum Gasteiger partial charge on any atom is -0.441 e. The van der Waals surface area contributed by atoms with Crippen LogP contribution in [0.4, 0.5) is 4.79 Å². The molecule has 0 aliphatic carbocycles. The fraction of sp³-hybridized carbons (Fsp3) is 0.464. The van der Waals surface area contributed by atoms with Gasteiger partial charge in [0.25, 0.3) is 10.1 Å². The van der Waals surface area contributed by atoms with Crippen LogP contribution in [-0.4, -0.2) is 60.0 Å². The van der Waals surface area contributed by atoms with Crippen LogP contribution in [0.3, 0.4) is 0 Å². The number of ether oxygens (including phenoxy) is 1. The lowest BCUT2D eigenvalue weighted by Crippen LogP contribution is -2.55. The van der Waals surface area contributed by atoms with Gasteiger partial charge in [-0.15, -0.1) is 0 Å². The number of alkyl carbamates (subject to hydrolysis) is 1. The van der Waals surface area contributed by atoms with E-state index in [4.69, 9.17) is 16.3 Å². The number of nitrogens with one attached hydrogen (secondary N) is 3. The summed E-state index contributed by atoms with van der Waals surface area (Å²) in [6, 6.07) is 13.5. The molecular weight excluding hydrogens is 574 g/mol. The van der Waals surface area contributed by atoms with Gasteiger partial charge in [-0.25, -0.2) is 4.79 Å². The Kier molecular flexibility index (Phi) is 11.5. The Morgan fingerprint density at radius 1 is 1.12 bits per heavy atom. The molecule has 0 aromatic heterocycles. The predicted molar refractivity (Wildman–Crippen MR) is 152 cm³/mol. The molecule has 2 aromatic carbocycles. The molecule has 13 heteroatoms. The molecule has 0 radical (unpaired) electrons. The molecule has 11 nitrogen and oxygen atoms in total. The number of hydrogen-bond donors (Lipinski definition) is 5. The summed E-state index contributed by atoms with van der Waals surface area (Å²) in [6.07, 6.45) is -0.991. The topological polar surface area (TPSA) is 171 Å². The maximum atomic E-state index is 13.3. The third kappa shape index (κ3) is 9.99. The van der Waals surface area contributed by atoms with Gasteiger partial charge in [-0.1, -0.05) is 67.9 Å². The van der Waals surface area contributed by atoms with Crippen LogP contribution in [-0.2, 0) is 30.9 Å². The molecule has 0 saturated carbocycles. The minimum atomic E-state index is -4.97. The lowest BCUT2D eigenvalue weighted by atomic mass is 9.97. The fourth-order valence-corrected chi connectivity index (χ4v) is 5.50. The third-order valence-corrected chi connectivity index (χ3v) is 7.90. The van der Waals surface area contributed by atoms with Crippen LogP contribution in [0.2, 0.25) is 5.02 Å². The number of aliphatic hydroxyl groups excluding tert-OH is 1. The maximum Gasteiger partial charge on any atom is 0.408 e. The van der Waals surface area contributed by atoms with Crippen molar-refractivity contribution in [2.45, 2.75) is 63.2 Å². The minimum absolute atomic E-state index is 0.0759. The van der Waals surface area contributed by atoms with Crippen molar-refractivity contribution in [1.82, 2.24) is 16.0 Å². The highest BCUT2D eigenvalue weighted by Crippen LogP contribution is 2.25. The molecule has 1 aliphatic heterocycles. The summed E-state index contributed by atoms with van der Waals surface area (Å²) in [7, 11) is -4.97. The Labute approximate surface area is 244 Å². The van der Waals surface area contributed by atoms with Gasteiger partial charge < -0.3 is 25.8 Å². The standard InChI is InChI=1S/C28H36ClN3O8S/c1-17(2)13-22(26(34)31-23(27(35)41(37,38)39)16-20-11-12-30-25(20)33)32-28(36)40-24(19-8-4-3-5-9-19)15-18-7-6-10-21(29)14-18/h3-10,14,17,20,22-24,27,35H,11-13,15-16H2,1-2H3,(H,30,33)(H,31,34)(H,32,36)(H,37,38,39)/t20-,22-,23-,24?,27?/m0/s1. The Morgan fingerprint density at radius 2 is 1.83 bits per heavy atom. The van der Waals surface area contributed by atoms with E-state index in [1.54, 1.807) is 30.3 Å². The van der Waals surface area contributed by atoms with E-state index in [1.807, 2.05) is 38.1 Å². The summed E-state index contributed by atoms with van der Waals surface area (Å²) in [4.78, 5) is 38.5. The van der Waals surface area contributed by atoms with Gasteiger partial charge in [0.2, 0.25) is 17.3 Å². The first-order valence-corrected chi connectivity index (χ1v) is 15.2. The quantitative estimate of drug-likeness (QED) is 0.216. The summed E-state index contributed by atoms with van der Waals surface area (Å²) in [5.74, 6) is -1.89. The zero-order valence-corrected chi connectivity index (χ0v) is 24.4. The number of amides is 3. The van der Waals surface area contributed by atoms with Crippen molar-refractivity contribution in [2.24, 2.45) is 11.8 Å². The monoisotopic (exact) mass is 609 g/mol. The van der Waals surface area contributed by atoms with Crippen LogP contribution in [0.1, 0.15) is 50.3 Å². The molecule has 3 rings (SSSR count). The number of halogens is 1. The zero-order valence-electron chi connectivity index (χ0n) is 22.8. The molecule has 0 spiro atoms. The molecule has 2 aromatic rings. The normalized spacial score (nSPS) is 18.2. The van der Waals surface area contributed by atoms with E-state index in [-0.39, 0.29) is 24.7 Å². The fourth-order valence-electron chi connectivity index (χ4n) is 4.70. The third-order valence-electron chi connectivity index (χ3n) is 6.72. The Hall–Kier alpha value is -3.19. The molecule has 5 N–H and O–H groups in total. The highest BCUT2D eigenvalue weighted by atomic mass is 35.5. The molecule has 0 bridgehead atoms. The van der Waals surface area contributed by atoms with E-state index >= 15 is 0 Å². The average Bonchev–Trinajstić information content (AvgIpc) is 3.30. The summed E-state index contributed by atoms with van der Waals surface area (Å²) >= 11 is 6.13. The van der Waals surface area contributed by atoms with Gasteiger partial charge in [-0.3, -0.25) is 14.1 Å². The second-order valence-corrected chi connectivity index (χ2v) is 12.4. The first-order valence-electron chi connectivity index (χ1n) is 13.3. The van der Waals surface area contributed by atoms with Gasteiger partial charge in [-0.2, -0.15) is 8.42 Å². The van der Waals surface area contributed by atoms with Crippen molar-refractivity contribution in [3.05, 3.63) is 70.7 Å². The predicted octanol–water partition coefficient (Wildman–Crippen LogP) is 2.98. The number of aliphatic hydroxyl groups is 1. The number of benzene rings is 2. The number of carbonyl (C=O) groups excluding carboxylic acids is 3. The molecule has 5 atom stereocenters. The Balaban J connectivity index is 1.77. The Bertz CT molecular complexity index is 1310. The molecule has 1 saturated heterocycles. The summed E-state index contributed by atoms with van der Waals surface area (Å²) in [6.45, 7) is 4.02. The van der Waals surface area contributed by atoms with Crippen LogP contribution in [0.5, 0.6) is 0 Å². The van der Waals surface area contributed by atoms with Crippen LogP contribution in [0, 0.1) is 11.8 Å². The van der Waals surface area contributed by atoms with Crippen LogP contribution < -0.4 is 16.0 Å². The van der Waals surface area contributed by atoms with E-state index < -0.39 is 51.7 Å². The van der Waals surface area contributed by atoms with Gasteiger partial charge in [0.15, 0.2) is 0 Å². The summed E-state index contributed by atoms with van der Waals surface area (Å²) in [5.41, 5.74) is -0.820. The van der Waals surface area contributed by atoms with Crippen molar-refractivity contribution in [3.63, 3.8) is 0 Å². The van der Waals surface area contributed by atoms with Crippen LogP contribution in [0.25, 0.3) is 0 Å². The molecule has 3 amide bonds. The molecule has 1 heterocycles. The second kappa shape index (κ2) is 14.6. The van der Waals surface area contributed by atoms with Crippen molar-refractivity contribution in [3.8, 4) is 0 Å². The van der Waals surface area contributed by atoms with Gasteiger partial charge in [0.1, 0.15) is 12.1 Å². The SMILES string of the molecule is CC(C)C[C@H](NC(=O)OC(Cc1cccc(Cl)c1)c1ccccc1)C(=O)N[C@@H](C[C@@H]1CCNC1=O)C(O)S(=O)(=O)O. The average molecular weight is 610 g/mol. The maximum absolute atomic E-state index is 13.3. The lowest BCUT2D eigenvalue weighted by Gasteiger charge is -2.28. The summed E-state index contributed by atoms with van der Waals surface area (Å²) in [5, 5.41) is 18.4. The van der Waals surface area contributed by atoms with Crippen molar-refractivity contribution in [1.29, 1.82) is 0 Å². The van der Waals surface area contributed by atoms with Gasteiger partial charge in [0.05, 0.1) is 6.04 Å². The van der Waals surface area contributed by atoms with Crippen molar-refractivity contribution in [2.75, 3.05) is 6.54 Å². The van der Waals surface area contributed by atoms with Crippen molar-refractivity contribution < 1.29 is 37.2 Å². The molecular formula is C28H36ClN3O8S. The first kappa shape index (κ1) is 32.3. The highest BCUT2D eigenvalue weighted by molar-refractivity contribution is 7.86. The van der Waals surface area contributed by atoms with Crippen LogP contribution >= 0.6 is 11.6 Å². The Morgan fingerprint density at radius 3 is 2.41 bits per heavy atom. The largest absolute Gasteiger partial charge is 0.441 e. The molecule has 2 unspecified atom stereocenters. The smallest absolute Gasteiger partial charge is 0.408 e. The van der Waals surface area contributed by atoms with E-state index in [1.165, 1.54) is 0 Å². The van der Waals surface area contributed by atoms with Gasteiger partial charge >= 0.3 is 6.09 Å².